The Morgan fingerprint density at radius 3 is 2.27 bits per heavy atom. The topological polar surface area (TPSA) is 59.6 Å². The standard InChI is InChI=1S/C21H20FNO3/c1-11-19(13(3)24)21(20(14(4)25)12(2)23-11)18-10-9-17(26-18)15-5-7-16(22)8-6-15/h5-10,19,21H,1-4H3/t19?,21-/m0/s1. The molecular formula is C21H20FNO3. The summed E-state index contributed by atoms with van der Waals surface area (Å²) in [6, 6.07) is 9.51. The van der Waals surface area contributed by atoms with Crippen LogP contribution >= 0.6 is 0 Å². The van der Waals surface area contributed by atoms with Crippen molar-refractivity contribution in [2.75, 3.05) is 0 Å². The molecule has 2 aromatic rings. The van der Waals surface area contributed by atoms with Gasteiger partial charge in [0.25, 0.3) is 0 Å². The van der Waals surface area contributed by atoms with E-state index in [1.54, 1.807) is 38.1 Å². The second kappa shape index (κ2) is 6.83. The molecule has 0 fully saturated rings. The summed E-state index contributed by atoms with van der Waals surface area (Å²) >= 11 is 0. The molecule has 134 valence electrons. The molecule has 0 aliphatic carbocycles. The van der Waals surface area contributed by atoms with Crippen molar-refractivity contribution in [3.63, 3.8) is 0 Å². The molecule has 26 heavy (non-hydrogen) atoms. The van der Waals surface area contributed by atoms with Gasteiger partial charge in [-0.3, -0.25) is 14.6 Å². The van der Waals surface area contributed by atoms with Gasteiger partial charge >= 0.3 is 0 Å². The Hall–Kier alpha value is -2.82. The SMILES string of the molecule is CC(=O)C1=C(C)N=C(C)C(C(C)=O)[C@@H]1c1ccc(-c2ccc(F)cc2)o1. The van der Waals surface area contributed by atoms with Crippen molar-refractivity contribution in [2.24, 2.45) is 10.9 Å². The molecule has 0 spiro atoms. The Kier molecular flexibility index (Phi) is 4.72. The minimum atomic E-state index is -0.537. The Labute approximate surface area is 151 Å². The number of hydrogen-bond donors (Lipinski definition) is 0. The maximum absolute atomic E-state index is 13.1. The molecule has 0 radical (unpaired) electrons. The second-order valence-corrected chi connectivity index (χ2v) is 6.58. The fraction of sp³-hybridized carbons (Fsp3) is 0.286. The van der Waals surface area contributed by atoms with Gasteiger partial charge in [-0.25, -0.2) is 4.39 Å². The van der Waals surface area contributed by atoms with E-state index in [2.05, 4.69) is 4.99 Å². The summed E-state index contributed by atoms with van der Waals surface area (Å²) in [6.45, 7) is 6.54. The maximum Gasteiger partial charge on any atom is 0.158 e. The molecule has 2 heterocycles. The highest BCUT2D eigenvalue weighted by atomic mass is 19.1. The minimum Gasteiger partial charge on any atom is -0.460 e. The van der Waals surface area contributed by atoms with Crippen molar-refractivity contribution in [2.45, 2.75) is 33.6 Å². The van der Waals surface area contributed by atoms with Crippen molar-refractivity contribution in [3.05, 3.63) is 59.2 Å². The summed E-state index contributed by atoms with van der Waals surface area (Å²) in [5.41, 5.74) is 2.50. The summed E-state index contributed by atoms with van der Waals surface area (Å²) in [7, 11) is 0. The number of benzene rings is 1. The molecule has 1 unspecified atom stereocenters. The first kappa shape index (κ1) is 18.0. The third-order valence-electron chi connectivity index (χ3n) is 4.71. The van der Waals surface area contributed by atoms with Crippen LogP contribution in [0.4, 0.5) is 4.39 Å². The Bertz CT molecular complexity index is 934. The van der Waals surface area contributed by atoms with E-state index in [1.807, 2.05) is 0 Å². The fourth-order valence-corrected chi connectivity index (χ4v) is 3.63. The first-order valence-corrected chi connectivity index (χ1v) is 8.42. The number of nitrogens with zero attached hydrogens (tertiary/aromatic N) is 1. The van der Waals surface area contributed by atoms with Gasteiger partial charge in [0.1, 0.15) is 23.1 Å². The van der Waals surface area contributed by atoms with Gasteiger partial charge in [-0.2, -0.15) is 0 Å². The molecule has 3 rings (SSSR count). The zero-order valence-corrected chi connectivity index (χ0v) is 15.2. The highest BCUT2D eigenvalue weighted by Crippen LogP contribution is 2.41. The predicted octanol–water partition coefficient (Wildman–Crippen LogP) is 4.71. The van der Waals surface area contributed by atoms with Crippen molar-refractivity contribution >= 4 is 17.3 Å². The number of carbonyl (C=O) groups excluding carboxylic acids is 2. The number of aliphatic imine (C=N–C) groups is 1. The van der Waals surface area contributed by atoms with Gasteiger partial charge in [0.2, 0.25) is 0 Å². The molecule has 4 nitrogen and oxygen atoms in total. The van der Waals surface area contributed by atoms with Gasteiger partial charge in [0, 0.05) is 22.5 Å². The first-order chi connectivity index (χ1) is 12.3. The molecule has 0 bridgehead atoms. The minimum absolute atomic E-state index is 0.0674. The van der Waals surface area contributed by atoms with E-state index < -0.39 is 11.8 Å². The van der Waals surface area contributed by atoms with E-state index in [0.29, 0.717) is 28.5 Å². The first-order valence-electron chi connectivity index (χ1n) is 8.42. The van der Waals surface area contributed by atoms with Gasteiger partial charge in [-0.05, 0) is 64.1 Å². The lowest BCUT2D eigenvalue weighted by Crippen LogP contribution is -2.33. The number of hydrogen-bond acceptors (Lipinski definition) is 4. The number of halogens is 1. The van der Waals surface area contributed by atoms with Gasteiger partial charge in [0.15, 0.2) is 5.78 Å². The van der Waals surface area contributed by atoms with E-state index in [9.17, 15) is 14.0 Å². The maximum atomic E-state index is 13.1. The van der Waals surface area contributed by atoms with Crippen LogP contribution in [0.1, 0.15) is 39.4 Å². The molecule has 0 amide bonds. The molecule has 1 aromatic carbocycles. The Morgan fingerprint density at radius 1 is 1.04 bits per heavy atom. The van der Waals surface area contributed by atoms with Crippen molar-refractivity contribution in [3.8, 4) is 11.3 Å². The summed E-state index contributed by atoms with van der Waals surface area (Å²) in [6.07, 6.45) is 0. The van der Waals surface area contributed by atoms with Gasteiger partial charge in [0.05, 0.1) is 11.8 Å². The van der Waals surface area contributed by atoms with E-state index in [0.717, 1.165) is 5.56 Å². The van der Waals surface area contributed by atoms with E-state index >= 15 is 0 Å². The van der Waals surface area contributed by atoms with Crippen LogP contribution in [0.2, 0.25) is 0 Å². The molecule has 1 aliphatic heterocycles. The lowest BCUT2D eigenvalue weighted by atomic mass is 9.75. The normalized spacial score (nSPS) is 20.1. The predicted molar refractivity (Wildman–Crippen MR) is 97.5 cm³/mol. The quantitative estimate of drug-likeness (QED) is 0.799. The summed E-state index contributed by atoms with van der Waals surface area (Å²) < 4.78 is 19.1. The van der Waals surface area contributed by atoms with Gasteiger partial charge in [-0.15, -0.1) is 0 Å². The number of allylic oxidation sites excluding steroid dienone is 2. The van der Waals surface area contributed by atoms with Crippen LogP contribution in [0.3, 0.4) is 0 Å². The van der Waals surface area contributed by atoms with E-state index in [4.69, 9.17) is 4.42 Å². The number of furan rings is 1. The van der Waals surface area contributed by atoms with Crippen LogP contribution in [0.5, 0.6) is 0 Å². The molecule has 1 aromatic heterocycles. The monoisotopic (exact) mass is 353 g/mol. The zero-order chi connectivity index (χ0) is 19.0. The molecule has 5 heteroatoms. The third kappa shape index (κ3) is 3.17. The fourth-order valence-electron chi connectivity index (χ4n) is 3.63. The molecule has 0 saturated carbocycles. The third-order valence-corrected chi connectivity index (χ3v) is 4.71. The highest BCUT2D eigenvalue weighted by Gasteiger charge is 2.39. The van der Waals surface area contributed by atoms with Gasteiger partial charge in [-0.1, -0.05) is 0 Å². The highest BCUT2D eigenvalue weighted by molar-refractivity contribution is 6.09. The molecule has 1 aliphatic rings. The molecular weight excluding hydrogens is 333 g/mol. The largest absolute Gasteiger partial charge is 0.460 e. The number of rotatable bonds is 4. The average Bonchev–Trinajstić information content (AvgIpc) is 3.03. The summed E-state index contributed by atoms with van der Waals surface area (Å²) in [5, 5.41) is 0. The summed E-state index contributed by atoms with van der Waals surface area (Å²) in [4.78, 5) is 29.0. The van der Waals surface area contributed by atoms with E-state index in [-0.39, 0.29) is 17.4 Å². The van der Waals surface area contributed by atoms with Crippen LogP contribution in [0.15, 0.2) is 57.1 Å². The number of Topliss-reactive ketones (excluding diaryl/α,β-unsaturated/α-hetero) is 2. The van der Waals surface area contributed by atoms with E-state index in [1.165, 1.54) is 26.0 Å². The number of carbonyl (C=O) groups is 2. The summed E-state index contributed by atoms with van der Waals surface area (Å²) in [5.74, 6) is -0.474. The molecule has 2 atom stereocenters. The Balaban J connectivity index is 2.10. The lowest BCUT2D eigenvalue weighted by molar-refractivity contribution is -0.119. The molecule has 0 saturated heterocycles. The lowest BCUT2D eigenvalue weighted by Gasteiger charge is -2.29. The van der Waals surface area contributed by atoms with Crippen LogP contribution in [-0.2, 0) is 9.59 Å². The van der Waals surface area contributed by atoms with Crippen LogP contribution in [0.25, 0.3) is 11.3 Å². The Morgan fingerprint density at radius 2 is 1.69 bits per heavy atom. The van der Waals surface area contributed by atoms with Crippen LogP contribution in [-0.4, -0.2) is 17.3 Å². The van der Waals surface area contributed by atoms with Crippen LogP contribution < -0.4 is 0 Å². The van der Waals surface area contributed by atoms with Gasteiger partial charge < -0.3 is 4.42 Å². The van der Waals surface area contributed by atoms with Crippen molar-refractivity contribution in [1.82, 2.24) is 0 Å². The smallest absolute Gasteiger partial charge is 0.158 e. The second-order valence-electron chi connectivity index (χ2n) is 6.58. The zero-order valence-electron chi connectivity index (χ0n) is 15.2. The van der Waals surface area contributed by atoms with Crippen molar-refractivity contribution < 1.29 is 18.4 Å². The van der Waals surface area contributed by atoms with Crippen LogP contribution in [0, 0.1) is 11.7 Å². The van der Waals surface area contributed by atoms with Crippen molar-refractivity contribution in [1.29, 1.82) is 0 Å². The number of ketones is 2. The average molecular weight is 353 g/mol. The molecule has 0 N–H and O–H groups in total.